The molecule has 7 heteroatoms. The highest BCUT2D eigenvalue weighted by Crippen LogP contribution is 2.71. The van der Waals surface area contributed by atoms with E-state index in [9.17, 15) is 19.4 Å². The molecule has 0 bridgehead atoms. The molecule has 4 aliphatic carbocycles. The van der Waals surface area contributed by atoms with Gasteiger partial charge in [-0.25, -0.2) is 13.2 Å². The Bertz CT molecular complexity index is 1100. The first-order chi connectivity index (χ1) is 19.2. The molecule has 0 spiro atoms. The number of hydrogen-bond donors (Lipinski definition) is 2. The van der Waals surface area contributed by atoms with E-state index >= 15 is 8.78 Å². The molecule has 5 rings (SSSR count). The summed E-state index contributed by atoms with van der Waals surface area (Å²) in [6, 6.07) is 4.88. The van der Waals surface area contributed by atoms with Crippen molar-refractivity contribution in [2.75, 3.05) is 0 Å². The van der Waals surface area contributed by atoms with E-state index in [-0.39, 0.29) is 34.9 Å². The molecule has 41 heavy (non-hydrogen) atoms. The van der Waals surface area contributed by atoms with E-state index in [1.807, 2.05) is 13.0 Å². The number of halogens is 3. The molecule has 0 heterocycles. The minimum atomic E-state index is -2.85. The van der Waals surface area contributed by atoms with Crippen LogP contribution in [0, 0.1) is 59.1 Å². The first-order valence-corrected chi connectivity index (χ1v) is 15.9. The molecule has 4 saturated carbocycles. The summed E-state index contributed by atoms with van der Waals surface area (Å²) in [5.74, 6) is -4.45. The maximum atomic E-state index is 16.1. The summed E-state index contributed by atoms with van der Waals surface area (Å²) < 4.78 is 52.4. The summed E-state index contributed by atoms with van der Waals surface area (Å²) in [5.41, 5.74) is 0.661. The summed E-state index contributed by atoms with van der Waals surface area (Å²) >= 11 is 0. The van der Waals surface area contributed by atoms with Crippen LogP contribution in [0.2, 0.25) is 0 Å². The zero-order valence-electron chi connectivity index (χ0n) is 25.3. The Morgan fingerprint density at radius 1 is 1.02 bits per heavy atom. The molecule has 4 fully saturated rings. The first-order valence-electron chi connectivity index (χ1n) is 15.9. The highest BCUT2D eigenvalue weighted by Gasteiger charge is 2.69. The van der Waals surface area contributed by atoms with Crippen LogP contribution < -0.4 is 0 Å². The van der Waals surface area contributed by atoms with Crippen LogP contribution >= 0.6 is 0 Å². The zero-order valence-corrected chi connectivity index (χ0v) is 25.3. The number of carbonyl (C=O) groups excluding carboxylic acids is 1. The Morgan fingerprint density at radius 3 is 2.39 bits per heavy atom. The van der Waals surface area contributed by atoms with Crippen molar-refractivity contribution in [2.45, 2.75) is 123 Å². The van der Waals surface area contributed by atoms with Gasteiger partial charge in [0.15, 0.2) is 0 Å². The molecule has 0 radical (unpaired) electrons. The van der Waals surface area contributed by atoms with Gasteiger partial charge in [0.2, 0.25) is 0 Å². The minimum Gasteiger partial charge on any atom is -0.458 e. The topological polar surface area (TPSA) is 66.8 Å². The molecular formula is C34H49F3O4. The number of esters is 1. The average molecular weight is 579 g/mol. The fraction of sp³-hybridized carbons (Fsp3) is 0.794. The van der Waals surface area contributed by atoms with Crippen molar-refractivity contribution in [2.24, 2.45) is 46.3 Å². The lowest BCUT2D eigenvalue weighted by atomic mass is 9.43. The molecule has 2 N–H and O–H groups in total. The third-order valence-electron chi connectivity index (χ3n) is 12.5. The van der Waals surface area contributed by atoms with Crippen molar-refractivity contribution in [3.05, 3.63) is 35.1 Å². The molecule has 0 aromatic heterocycles. The van der Waals surface area contributed by atoms with Crippen molar-refractivity contribution >= 4 is 5.97 Å². The van der Waals surface area contributed by atoms with Crippen molar-refractivity contribution < 1.29 is 32.9 Å². The second-order valence-electron chi connectivity index (χ2n) is 14.6. The molecular weight excluding hydrogens is 529 g/mol. The van der Waals surface area contributed by atoms with Crippen molar-refractivity contribution in [1.29, 1.82) is 0 Å². The lowest BCUT2D eigenvalue weighted by molar-refractivity contribution is -0.258. The monoisotopic (exact) mass is 578 g/mol. The van der Waals surface area contributed by atoms with Gasteiger partial charge in [0.1, 0.15) is 11.9 Å². The molecule has 0 saturated heterocycles. The van der Waals surface area contributed by atoms with Crippen LogP contribution in [0.3, 0.4) is 0 Å². The number of aryl methyl sites for hydroxylation is 1. The maximum absolute atomic E-state index is 16.1. The van der Waals surface area contributed by atoms with E-state index in [4.69, 9.17) is 4.74 Å². The van der Waals surface area contributed by atoms with Crippen molar-refractivity contribution in [3.8, 4) is 0 Å². The quantitative estimate of drug-likeness (QED) is 0.324. The van der Waals surface area contributed by atoms with E-state index in [1.54, 1.807) is 6.07 Å². The average Bonchev–Trinajstić information content (AvgIpc) is 3.24. The molecule has 0 amide bonds. The number of rotatable bonds is 7. The van der Waals surface area contributed by atoms with Gasteiger partial charge < -0.3 is 14.9 Å². The number of fused-ring (bicyclic) bond motifs is 5. The van der Waals surface area contributed by atoms with Gasteiger partial charge in [-0.15, -0.1) is 0 Å². The number of aliphatic hydroxyl groups is 2. The number of carbonyl (C=O) groups is 1. The third kappa shape index (κ3) is 5.25. The predicted molar refractivity (Wildman–Crippen MR) is 152 cm³/mol. The van der Waals surface area contributed by atoms with Crippen LogP contribution in [0.25, 0.3) is 0 Å². The molecule has 0 aliphatic heterocycles. The summed E-state index contributed by atoms with van der Waals surface area (Å²) in [4.78, 5) is 11.8. The van der Waals surface area contributed by atoms with Crippen LogP contribution in [-0.2, 0) is 9.53 Å². The van der Waals surface area contributed by atoms with Crippen molar-refractivity contribution in [1.82, 2.24) is 0 Å². The van der Waals surface area contributed by atoms with Gasteiger partial charge >= 0.3 is 5.97 Å². The molecule has 4 aliphatic rings. The standard InChI is InChI=1S/C34H49F3O4/c1-19(8-7-11-28(41-21(3)38)29-20(2)9-6-10-26(29)35)22-12-13-23-30-24(14-16-32(22,23)4)33(5)17-15-27(39)31(40)25(33)18-34(30,36)37/h6,9-10,19,22-25,27-28,30-31,39-40H,7-8,11-18H2,1-5H3/t19-,22-,23+,24+,25+,27+,28?,30+,31-,32-,33-/m1/s1. The predicted octanol–water partition coefficient (Wildman–Crippen LogP) is 7.78. The van der Waals surface area contributed by atoms with Gasteiger partial charge in [-0.05, 0) is 110 Å². The SMILES string of the molecule is CC(=O)OC(CCC[C@@H](C)[C@H]1CC[C@H]2[C@H]3[C@H](CC[C@]12C)[C@@]1(C)CC[C@H](O)[C@H](O)[C@@H]1CC3(F)F)c1c(C)cccc1F. The number of hydrogen-bond acceptors (Lipinski definition) is 4. The second kappa shape index (κ2) is 11.2. The summed E-state index contributed by atoms with van der Waals surface area (Å²) in [6.45, 7) is 9.76. The molecule has 1 aromatic carbocycles. The van der Waals surface area contributed by atoms with Gasteiger partial charge in [-0.2, -0.15) is 0 Å². The van der Waals surface area contributed by atoms with E-state index < -0.39 is 42.0 Å². The van der Waals surface area contributed by atoms with Crippen LogP contribution in [0.5, 0.6) is 0 Å². The molecule has 1 unspecified atom stereocenters. The Hall–Kier alpha value is -1.60. The van der Waals surface area contributed by atoms with E-state index in [1.165, 1.54) is 13.0 Å². The Morgan fingerprint density at radius 2 is 1.71 bits per heavy atom. The van der Waals surface area contributed by atoms with Crippen LogP contribution in [-0.4, -0.2) is 34.3 Å². The van der Waals surface area contributed by atoms with E-state index in [0.29, 0.717) is 36.7 Å². The third-order valence-corrected chi connectivity index (χ3v) is 12.5. The Kier molecular flexibility index (Phi) is 8.39. The van der Waals surface area contributed by atoms with E-state index in [0.717, 1.165) is 44.1 Å². The van der Waals surface area contributed by atoms with Crippen LogP contribution in [0.15, 0.2) is 18.2 Å². The normalized spacial score (nSPS) is 41.1. The van der Waals surface area contributed by atoms with Gasteiger partial charge in [0.25, 0.3) is 5.92 Å². The molecule has 4 nitrogen and oxygen atoms in total. The second-order valence-corrected chi connectivity index (χ2v) is 14.6. The first kappa shape index (κ1) is 30.8. The van der Waals surface area contributed by atoms with Gasteiger partial charge in [-0.3, -0.25) is 4.79 Å². The van der Waals surface area contributed by atoms with Crippen LogP contribution in [0.4, 0.5) is 13.2 Å². The van der Waals surface area contributed by atoms with Gasteiger partial charge in [0, 0.05) is 24.8 Å². The van der Waals surface area contributed by atoms with Gasteiger partial charge in [0.05, 0.1) is 12.2 Å². The van der Waals surface area contributed by atoms with Crippen LogP contribution in [0.1, 0.15) is 109 Å². The summed E-state index contributed by atoms with van der Waals surface area (Å²) in [6.07, 6.45) is 3.76. The summed E-state index contributed by atoms with van der Waals surface area (Å²) in [5, 5.41) is 21.0. The number of benzene rings is 1. The lowest BCUT2D eigenvalue weighted by Crippen LogP contribution is -2.64. The Labute approximate surface area is 243 Å². The lowest BCUT2D eigenvalue weighted by Gasteiger charge is -2.63. The number of aliphatic hydroxyl groups excluding tert-OH is 2. The molecule has 230 valence electrons. The highest BCUT2D eigenvalue weighted by molar-refractivity contribution is 5.66. The largest absolute Gasteiger partial charge is 0.458 e. The molecule has 11 atom stereocenters. The zero-order chi connectivity index (χ0) is 29.9. The fourth-order valence-corrected chi connectivity index (χ4v) is 10.5. The molecule has 1 aromatic rings. The minimum absolute atomic E-state index is 0.0553. The van der Waals surface area contributed by atoms with E-state index in [2.05, 4.69) is 20.8 Å². The Balaban J connectivity index is 1.29. The number of ether oxygens (including phenoxy) is 1. The number of alkyl halides is 2. The van der Waals surface area contributed by atoms with Gasteiger partial charge in [-0.1, -0.05) is 39.3 Å². The van der Waals surface area contributed by atoms with Crippen molar-refractivity contribution in [3.63, 3.8) is 0 Å². The maximum Gasteiger partial charge on any atom is 0.303 e. The highest BCUT2D eigenvalue weighted by atomic mass is 19.3. The summed E-state index contributed by atoms with van der Waals surface area (Å²) in [7, 11) is 0. The fourth-order valence-electron chi connectivity index (χ4n) is 10.5. The smallest absolute Gasteiger partial charge is 0.303 e.